The quantitative estimate of drug-likeness (QED) is 0.565. The van der Waals surface area contributed by atoms with E-state index in [2.05, 4.69) is 10.2 Å². The van der Waals surface area contributed by atoms with E-state index in [9.17, 15) is 4.79 Å². The smallest absolute Gasteiger partial charge is 0.217 e. The van der Waals surface area contributed by atoms with E-state index in [-0.39, 0.29) is 5.91 Å². The van der Waals surface area contributed by atoms with Crippen LogP contribution >= 0.6 is 12.2 Å². The Morgan fingerprint density at radius 3 is 2.86 bits per heavy atom. The molecule has 1 rings (SSSR count). The highest BCUT2D eigenvalue weighted by atomic mass is 32.1. The predicted molar refractivity (Wildman–Crippen MR) is 55.2 cm³/mol. The number of primary amides is 1. The van der Waals surface area contributed by atoms with Gasteiger partial charge in [-0.3, -0.25) is 9.89 Å². The minimum atomic E-state index is -0.252. The summed E-state index contributed by atoms with van der Waals surface area (Å²) >= 11 is 5.03. The third-order valence-corrected chi connectivity index (χ3v) is 2.32. The van der Waals surface area contributed by atoms with Gasteiger partial charge in [0.15, 0.2) is 4.77 Å². The van der Waals surface area contributed by atoms with Crippen LogP contribution in [0.4, 0.5) is 0 Å². The molecule has 3 N–H and O–H groups in total. The van der Waals surface area contributed by atoms with Gasteiger partial charge in [-0.2, -0.15) is 5.10 Å². The van der Waals surface area contributed by atoms with E-state index in [1.165, 1.54) is 0 Å². The number of nitrogens with one attached hydrogen (secondary N) is 1. The molecule has 0 atom stereocenters. The number of unbranched alkanes of at least 4 members (excludes halogenated alkanes) is 1. The van der Waals surface area contributed by atoms with Crippen molar-refractivity contribution in [1.82, 2.24) is 14.8 Å². The van der Waals surface area contributed by atoms with Gasteiger partial charge in [-0.05, 0) is 32.0 Å². The van der Waals surface area contributed by atoms with Gasteiger partial charge in [0.2, 0.25) is 5.91 Å². The first-order valence-electron chi connectivity index (χ1n) is 4.51. The fourth-order valence-corrected chi connectivity index (χ4v) is 1.50. The zero-order valence-electron chi connectivity index (χ0n) is 8.12. The van der Waals surface area contributed by atoms with Crippen LogP contribution in [0.5, 0.6) is 0 Å². The molecule has 0 saturated heterocycles. The molecule has 0 aliphatic rings. The molecule has 6 heteroatoms. The molecule has 1 amide bonds. The maximum atomic E-state index is 10.5. The number of rotatable bonds is 5. The van der Waals surface area contributed by atoms with E-state index < -0.39 is 0 Å². The summed E-state index contributed by atoms with van der Waals surface area (Å²) in [6, 6.07) is 0. The number of nitrogens with two attached hydrogens (primary N) is 1. The molecule has 0 aliphatic heterocycles. The fourth-order valence-electron chi connectivity index (χ4n) is 1.23. The Hall–Kier alpha value is -1.17. The third kappa shape index (κ3) is 2.95. The monoisotopic (exact) mass is 214 g/mol. The first-order chi connectivity index (χ1) is 6.61. The Balaban J connectivity index is 2.38. The topological polar surface area (TPSA) is 76.7 Å². The molecule has 0 radical (unpaired) electrons. The maximum Gasteiger partial charge on any atom is 0.217 e. The zero-order valence-corrected chi connectivity index (χ0v) is 8.93. The van der Waals surface area contributed by atoms with Crippen LogP contribution in [0.15, 0.2) is 0 Å². The number of hydrogen-bond donors (Lipinski definition) is 2. The van der Waals surface area contributed by atoms with Crippen molar-refractivity contribution in [3.63, 3.8) is 0 Å². The van der Waals surface area contributed by atoms with Gasteiger partial charge in [0.05, 0.1) is 0 Å². The minimum absolute atomic E-state index is 0.252. The summed E-state index contributed by atoms with van der Waals surface area (Å²) in [5, 5.41) is 6.69. The summed E-state index contributed by atoms with van der Waals surface area (Å²) in [6.45, 7) is 2.68. The van der Waals surface area contributed by atoms with Crippen molar-refractivity contribution in [2.75, 3.05) is 0 Å². The molecular formula is C8H14N4OS. The highest BCUT2D eigenvalue weighted by Gasteiger charge is 2.00. The van der Waals surface area contributed by atoms with Gasteiger partial charge in [-0.25, -0.2) is 0 Å². The Labute approximate surface area is 87.3 Å². The van der Waals surface area contributed by atoms with Gasteiger partial charge in [-0.15, -0.1) is 0 Å². The molecule has 5 nitrogen and oxygen atoms in total. The Morgan fingerprint density at radius 1 is 1.64 bits per heavy atom. The average molecular weight is 214 g/mol. The van der Waals surface area contributed by atoms with E-state index in [4.69, 9.17) is 18.0 Å². The van der Waals surface area contributed by atoms with Crippen molar-refractivity contribution >= 4 is 18.1 Å². The van der Waals surface area contributed by atoms with Gasteiger partial charge >= 0.3 is 0 Å². The maximum absolute atomic E-state index is 10.5. The molecule has 0 fully saturated rings. The molecule has 1 heterocycles. The van der Waals surface area contributed by atoms with E-state index in [0.29, 0.717) is 11.2 Å². The number of aromatic amines is 1. The van der Waals surface area contributed by atoms with Crippen LogP contribution in [-0.2, 0) is 11.3 Å². The van der Waals surface area contributed by atoms with Crippen LogP contribution in [0.2, 0.25) is 0 Å². The van der Waals surface area contributed by atoms with Gasteiger partial charge in [-0.1, -0.05) is 0 Å². The number of amides is 1. The normalized spacial score (nSPS) is 10.4. The van der Waals surface area contributed by atoms with Gasteiger partial charge in [0, 0.05) is 13.0 Å². The largest absolute Gasteiger partial charge is 0.370 e. The Kier molecular flexibility index (Phi) is 3.82. The van der Waals surface area contributed by atoms with Crippen LogP contribution < -0.4 is 5.73 Å². The van der Waals surface area contributed by atoms with E-state index in [0.717, 1.165) is 25.2 Å². The van der Waals surface area contributed by atoms with Crippen LogP contribution in [0.25, 0.3) is 0 Å². The van der Waals surface area contributed by atoms with Gasteiger partial charge < -0.3 is 10.3 Å². The standard InChI is InChI=1S/C8H14N4OS/c1-6-10-11-8(14)12(6)5-3-2-4-7(9)13/h2-5H2,1H3,(H2,9,13)(H,11,14). The predicted octanol–water partition coefficient (Wildman–Crippen LogP) is 0.905. The first-order valence-corrected chi connectivity index (χ1v) is 4.92. The second kappa shape index (κ2) is 4.90. The Bertz CT molecular complexity index is 368. The van der Waals surface area contributed by atoms with Crippen LogP contribution in [0.3, 0.4) is 0 Å². The van der Waals surface area contributed by atoms with E-state index >= 15 is 0 Å². The highest BCUT2D eigenvalue weighted by molar-refractivity contribution is 7.71. The molecular weight excluding hydrogens is 200 g/mol. The highest BCUT2D eigenvalue weighted by Crippen LogP contribution is 2.02. The lowest BCUT2D eigenvalue weighted by Crippen LogP contribution is -2.10. The second-order valence-corrected chi connectivity index (χ2v) is 3.54. The number of carbonyl (C=O) groups excluding carboxylic acids is 1. The molecule has 1 aromatic rings. The number of hydrogen-bond acceptors (Lipinski definition) is 3. The average Bonchev–Trinajstić information content (AvgIpc) is 2.42. The van der Waals surface area contributed by atoms with E-state index in [1.54, 1.807) is 0 Å². The summed E-state index contributed by atoms with van der Waals surface area (Å²) in [6.07, 6.45) is 2.11. The molecule has 0 saturated carbocycles. The molecule has 14 heavy (non-hydrogen) atoms. The summed E-state index contributed by atoms with van der Waals surface area (Å²) < 4.78 is 2.54. The second-order valence-electron chi connectivity index (χ2n) is 3.15. The molecule has 0 spiro atoms. The summed E-state index contributed by atoms with van der Waals surface area (Å²) in [5.74, 6) is 0.617. The third-order valence-electron chi connectivity index (χ3n) is 2.00. The SMILES string of the molecule is Cc1n[nH]c(=S)n1CCCCC(N)=O. The molecule has 0 aromatic carbocycles. The van der Waals surface area contributed by atoms with E-state index in [1.807, 2.05) is 11.5 Å². The van der Waals surface area contributed by atoms with Crippen molar-refractivity contribution in [1.29, 1.82) is 0 Å². The molecule has 1 aromatic heterocycles. The summed E-state index contributed by atoms with van der Waals surface area (Å²) in [7, 11) is 0. The Morgan fingerprint density at radius 2 is 2.36 bits per heavy atom. The minimum Gasteiger partial charge on any atom is -0.370 e. The van der Waals surface area contributed by atoms with Gasteiger partial charge in [0.1, 0.15) is 5.82 Å². The van der Waals surface area contributed by atoms with Crippen LogP contribution in [0, 0.1) is 11.7 Å². The lowest BCUT2D eigenvalue weighted by atomic mass is 10.2. The first kappa shape index (κ1) is 10.9. The number of nitrogens with zero attached hydrogens (tertiary/aromatic N) is 2. The van der Waals surface area contributed by atoms with Crippen molar-refractivity contribution in [2.45, 2.75) is 32.7 Å². The van der Waals surface area contributed by atoms with Crippen molar-refractivity contribution in [3.8, 4) is 0 Å². The molecule has 0 bridgehead atoms. The van der Waals surface area contributed by atoms with Crippen molar-refractivity contribution in [2.24, 2.45) is 5.73 Å². The van der Waals surface area contributed by atoms with Crippen molar-refractivity contribution < 1.29 is 4.79 Å². The fraction of sp³-hybridized carbons (Fsp3) is 0.625. The van der Waals surface area contributed by atoms with Crippen molar-refractivity contribution in [3.05, 3.63) is 10.6 Å². The zero-order chi connectivity index (χ0) is 10.6. The van der Waals surface area contributed by atoms with Crippen LogP contribution in [0.1, 0.15) is 25.1 Å². The summed E-state index contributed by atoms with van der Waals surface area (Å²) in [4.78, 5) is 10.5. The number of H-pyrrole nitrogens is 1. The number of aromatic nitrogens is 3. The molecule has 0 unspecified atom stereocenters. The lowest BCUT2D eigenvalue weighted by molar-refractivity contribution is -0.118. The molecule has 0 aliphatic carbocycles. The number of aryl methyl sites for hydroxylation is 1. The number of carbonyl (C=O) groups is 1. The summed E-state index contributed by atoms with van der Waals surface area (Å²) in [5.41, 5.74) is 5.03. The van der Waals surface area contributed by atoms with Gasteiger partial charge in [0.25, 0.3) is 0 Å². The lowest BCUT2D eigenvalue weighted by Gasteiger charge is -2.02. The van der Waals surface area contributed by atoms with Crippen LogP contribution in [-0.4, -0.2) is 20.7 Å². The molecule has 78 valence electrons.